The topological polar surface area (TPSA) is 332 Å². The minimum absolute atomic E-state index is 0.0228. The average molecular weight is 1950 g/mol. The van der Waals surface area contributed by atoms with Crippen molar-refractivity contribution < 1.29 is 106 Å². The van der Waals surface area contributed by atoms with Gasteiger partial charge >= 0.3 is 23.9 Å². The van der Waals surface area contributed by atoms with Crippen LogP contribution in [-0.2, 0) is 94.3 Å². The van der Waals surface area contributed by atoms with E-state index < -0.39 is 69.5 Å². The van der Waals surface area contributed by atoms with E-state index in [4.69, 9.17) is 37.9 Å². The van der Waals surface area contributed by atoms with Crippen molar-refractivity contribution in [3.63, 3.8) is 0 Å². The number of ether oxygens (including phenoxy) is 8. The number of fused-ring (bicyclic) bond motifs is 16. The van der Waals surface area contributed by atoms with Gasteiger partial charge in [-0.25, -0.2) is 19.2 Å². The number of thiophene rings is 4. The van der Waals surface area contributed by atoms with Crippen LogP contribution in [0.4, 0.5) is 0 Å². The molecule has 6 aromatic carbocycles. The highest BCUT2D eigenvalue weighted by Gasteiger charge is 2.60. The van der Waals surface area contributed by atoms with E-state index in [0.717, 1.165) is 42.0 Å². The highest BCUT2D eigenvalue weighted by atomic mass is 32.2. The van der Waals surface area contributed by atoms with E-state index in [2.05, 4.69) is 0 Å². The molecule has 22 rings (SSSR count). The molecular weight excluding hydrogens is 1870 g/mol. The number of nitrogens with zero attached hydrogens (tertiary/aromatic N) is 4. The molecular formula is C100H80N4O22S8. The molecule has 4 saturated heterocycles. The zero-order chi connectivity index (χ0) is 92.3. The van der Waals surface area contributed by atoms with Crippen LogP contribution in [0.5, 0.6) is 46.0 Å². The molecule has 2 spiro atoms. The van der Waals surface area contributed by atoms with E-state index in [-0.39, 0.29) is 157 Å². The Morgan fingerprint density at radius 2 is 0.627 bits per heavy atom. The van der Waals surface area contributed by atoms with E-state index in [0.29, 0.717) is 114 Å². The summed E-state index contributed by atoms with van der Waals surface area (Å²) >= 11 is 12.2. The Kier molecular flexibility index (Phi) is 23.6. The second-order valence-electron chi connectivity index (χ2n) is 34.2. The quantitative estimate of drug-likeness (QED) is 0.0312. The molecule has 26 nitrogen and oxygen atoms in total. The fraction of sp³-hybridized carbons (Fsp3) is 0.280. The number of Topliss-reactive ketones (excluding diaryl/α,β-unsaturated/α-hetero) is 4. The van der Waals surface area contributed by atoms with Crippen molar-refractivity contribution >= 4 is 163 Å². The van der Waals surface area contributed by atoms with Crippen LogP contribution in [0.1, 0.15) is 113 Å². The van der Waals surface area contributed by atoms with Crippen molar-refractivity contribution in [3.05, 3.63) is 300 Å². The number of allylic oxidation sites excluding steroid dienone is 2. The minimum Gasteiger partial charge on any atom is -0.489 e. The first-order valence-corrected chi connectivity index (χ1v) is 51.0. The van der Waals surface area contributed by atoms with Gasteiger partial charge in [0.25, 0.3) is 0 Å². The number of β-lactam (4-membered cyclic amide) rings is 4. The highest BCUT2D eigenvalue weighted by Crippen LogP contribution is 2.61. The molecule has 8 atom stereocenters. The van der Waals surface area contributed by atoms with E-state index in [1.54, 1.807) is 135 Å². The Labute approximate surface area is 799 Å². The van der Waals surface area contributed by atoms with Crippen LogP contribution < -0.4 is 28.4 Å². The molecule has 2 N–H and O–H groups in total. The molecule has 0 aliphatic carbocycles. The monoisotopic (exact) mass is 1940 g/mol. The van der Waals surface area contributed by atoms with Crippen molar-refractivity contribution in [2.45, 2.75) is 97.9 Å². The van der Waals surface area contributed by atoms with Crippen molar-refractivity contribution in [1.29, 1.82) is 0 Å². The number of hydrogen-bond donors (Lipinski definition) is 2. The summed E-state index contributed by atoms with van der Waals surface area (Å²) < 4.78 is 51.1. The van der Waals surface area contributed by atoms with Crippen molar-refractivity contribution in [1.82, 2.24) is 19.6 Å². The fourth-order valence-electron chi connectivity index (χ4n) is 19.6. The second kappa shape index (κ2) is 35.8. The van der Waals surface area contributed by atoms with E-state index in [1.165, 1.54) is 56.0 Å². The summed E-state index contributed by atoms with van der Waals surface area (Å²) in [6.07, 6.45) is 1.72. The normalized spacial score (nSPS) is 23.3. The van der Waals surface area contributed by atoms with Gasteiger partial charge in [-0.05, 0) is 131 Å². The number of aliphatic carboxylic acids is 2. The number of rotatable bonds is 30. The number of ketones is 4. The first-order chi connectivity index (χ1) is 65.0. The first kappa shape index (κ1) is 88.3. The van der Waals surface area contributed by atoms with Crippen LogP contribution in [0, 0.1) is 23.7 Å². The lowest BCUT2D eigenvalue weighted by Gasteiger charge is -2.50. The predicted octanol–water partition coefficient (Wildman–Crippen LogP) is 16.4. The molecule has 4 fully saturated rings. The summed E-state index contributed by atoms with van der Waals surface area (Å²) in [5.74, 6) is -1.27. The third-order valence-electron chi connectivity index (χ3n) is 26.2. The van der Waals surface area contributed by atoms with Gasteiger partial charge in [-0.15, -0.1) is 92.4 Å². The third kappa shape index (κ3) is 15.7. The third-order valence-corrected chi connectivity index (χ3v) is 35.3. The predicted molar refractivity (Wildman–Crippen MR) is 503 cm³/mol. The fourth-order valence-corrected chi connectivity index (χ4v) is 28.4. The van der Waals surface area contributed by atoms with Crippen LogP contribution >= 0.6 is 92.4 Å². The Bertz CT molecular complexity index is 6420. The van der Waals surface area contributed by atoms with Gasteiger partial charge in [0, 0.05) is 174 Å². The minimum atomic E-state index is -1.45. The zero-order valence-corrected chi connectivity index (χ0v) is 78.1. The number of carboxylic acids is 2. The first-order valence-electron chi connectivity index (χ1n) is 43.3. The summed E-state index contributed by atoms with van der Waals surface area (Å²) in [6.45, 7) is 4.03. The number of thioether (sulfide) groups is 4. The maximum absolute atomic E-state index is 13.5. The van der Waals surface area contributed by atoms with Gasteiger partial charge in [0.1, 0.15) is 107 Å². The SMILES string of the molecule is CC1=C(COc2ccc3c(c2)Oc2cc(OCC4=C(C)N5C(=O)C(CC(=O)Cc6cccs6)C5SC4)ccc2C32OC(=O)c3ccccc32)CSC2C(CC(=O)Cc3cccs3)C(=O)N12.O=C(Cc1cccs1)CC1C(=O)N2C(C(=O)O)=C(COc3ccc4c(c3)Oc3cc(OCC5=C(C(=O)O)N6C(=O)C(CC(=O)Cc7cccs7)C6SC5)ccc3C43OC(=O)c4ccccc43)CSC12. The van der Waals surface area contributed by atoms with Gasteiger partial charge in [-0.2, -0.15) is 0 Å². The molecule has 4 aromatic heterocycles. The maximum atomic E-state index is 13.5. The Morgan fingerprint density at radius 1 is 0.351 bits per heavy atom. The van der Waals surface area contributed by atoms with Gasteiger partial charge in [-0.3, -0.25) is 48.2 Å². The lowest BCUT2D eigenvalue weighted by atomic mass is 9.77. The summed E-state index contributed by atoms with van der Waals surface area (Å²) in [4.78, 5) is 167. The zero-order valence-electron chi connectivity index (χ0n) is 71.5. The van der Waals surface area contributed by atoms with Crippen LogP contribution in [0.2, 0.25) is 0 Å². The second-order valence-corrected chi connectivity index (χ2v) is 42.7. The molecule has 8 unspecified atom stereocenters. The number of carboxylic acid groups (broad SMARTS) is 2. The number of hydrogen-bond acceptors (Lipinski definition) is 28. The van der Waals surface area contributed by atoms with Gasteiger partial charge in [0.2, 0.25) is 23.6 Å². The van der Waals surface area contributed by atoms with Gasteiger partial charge in [-0.1, -0.05) is 60.7 Å². The molecule has 0 bridgehead atoms. The number of amides is 4. The number of esters is 2. The number of carbonyl (C=O) groups is 12. The van der Waals surface area contributed by atoms with Crippen LogP contribution in [0.25, 0.3) is 0 Å². The molecule has 680 valence electrons. The molecule has 134 heavy (non-hydrogen) atoms. The summed E-state index contributed by atoms with van der Waals surface area (Å²) in [6, 6.07) is 50.7. The Hall–Kier alpha value is -12.3. The van der Waals surface area contributed by atoms with E-state index >= 15 is 0 Å². The Morgan fingerprint density at radius 3 is 0.918 bits per heavy atom. The van der Waals surface area contributed by atoms with Crippen LogP contribution in [0.3, 0.4) is 0 Å². The van der Waals surface area contributed by atoms with Crippen molar-refractivity contribution in [2.24, 2.45) is 23.7 Å². The smallest absolute Gasteiger partial charge is 0.352 e. The number of benzene rings is 6. The molecule has 10 aromatic rings. The molecule has 12 aliphatic heterocycles. The molecule has 0 radical (unpaired) electrons. The molecule has 12 aliphatic rings. The van der Waals surface area contributed by atoms with Gasteiger partial charge < -0.3 is 57.9 Å². The average Bonchev–Trinajstić information content (AvgIpc) is 1.53. The summed E-state index contributed by atoms with van der Waals surface area (Å²) in [5.41, 5.74) is 5.83. The van der Waals surface area contributed by atoms with Gasteiger partial charge in [0.05, 0.1) is 56.3 Å². The van der Waals surface area contributed by atoms with Gasteiger partial charge in [0.15, 0.2) is 11.2 Å². The summed E-state index contributed by atoms with van der Waals surface area (Å²) in [5, 5.41) is 27.2. The largest absolute Gasteiger partial charge is 0.489 e. The molecule has 34 heteroatoms. The van der Waals surface area contributed by atoms with Crippen molar-refractivity contribution in [3.8, 4) is 46.0 Å². The lowest BCUT2D eigenvalue weighted by molar-refractivity contribution is -0.154. The van der Waals surface area contributed by atoms with E-state index in [9.17, 15) is 67.7 Å². The Balaban J connectivity index is 0.000000161. The van der Waals surface area contributed by atoms with Crippen molar-refractivity contribution in [2.75, 3.05) is 49.4 Å². The standard InChI is InChI=1S/C50H38N2O13S4.C50H42N2O9S4/c53-27(15-31-5-3-13-66-31)17-34-43(55)51-41(47(57)58)25(23-68-45(34)51)21-62-29-9-11-37-39(19-29)64-40-20-30(10-12-38(40)50(37)36-8-2-1-7-33(36)49(61)65-50)63-22-26-24-69-46-35(44(56)52(46)42(26)48(59)60)18-28(54)16-32-6-4-14-67-32;1-27-29(25-64-47-38(45(55)51(27)47)19-31(53)17-35-7-5-15-62-35)23-58-33-11-13-41-43(21-33)60-44-22-34(12-14-42(44)50(41)40-10-4-3-9-37(40)49(57)61-50)59-24-30-26-65-48-39(46(56)52(48)28(30)2)20-32(54)18-36-8-6-16-63-36/h1-14,19-20,34-35,45-46H,15-18,21-24H2,(H,57,58)(H,59,60);3-16,21-22,38-39,47-48H,17-20,23-26H2,1-2H3. The highest BCUT2D eigenvalue weighted by molar-refractivity contribution is 8.01. The molecule has 4 amide bonds. The maximum Gasteiger partial charge on any atom is 0.352 e. The van der Waals surface area contributed by atoms with E-state index in [1.807, 2.05) is 126 Å². The number of carbonyl (C=O) groups excluding carboxylic acids is 10. The lowest BCUT2D eigenvalue weighted by Crippen LogP contribution is -2.62. The molecule has 0 saturated carbocycles. The van der Waals surface area contributed by atoms with Crippen LogP contribution in [-0.4, -0.2) is 171 Å². The summed E-state index contributed by atoms with van der Waals surface area (Å²) in [7, 11) is 0. The molecule has 16 heterocycles. The van der Waals surface area contributed by atoms with Crippen LogP contribution in [0.15, 0.2) is 236 Å².